The molecule has 4 nitrogen and oxygen atoms in total. The lowest BCUT2D eigenvalue weighted by Crippen LogP contribution is -2.03. The molecule has 0 atom stereocenters. The first-order valence-electron chi connectivity index (χ1n) is 20.1. The van der Waals surface area contributed by atoms with Crippen molar-refractivity contribution in [1.82, 2.24) is 14.1 Å². The molecule has 0 aliphatic heterocycles. The molecule has 0 saturated heterocycles. The molecule has 7 aromatic carbocycles. The van der Waals surface area contributed by atoms with Crippen molar-refractivity contribution in [2.75, 3.05) is 0 Å². The van der Waals surface area contributed by atoms with Crippen LogP contribution in [0.4, 0.5) is 0 Å². The van der Waals surface area contributed by atoms with Crippen molar-refractivity contribution in [3.05, 3.63) is 204 Å². The van der Waals surface area contributed by atoms with E-state index in [1.807, 2.05) is 0 Å². The normalized spacial score (nSPS) is 13.3. The number of rotatable bonds is 6. The van der Waals surface area contributed by atoms with Crippen molar-refractivity contribution in [2.24, 2.45) is 0 Å². The highest BCUT2D eigenvalue weighted by Crippen LogP contribution is 2.42. The Hall–Kier alpha value is -7.43. The third kappa shape index (κ3) is 5.19. The second kappa shape index (κ2) is 13.1. The van der Waals surface area contributed by atoms with E-state index in [2.05, 4.69) is 197 Å². The lowest BCUT2D eigenvalue weighted by Gasteiger charge is -2.17. The van der Waals surface area contributed by atoms with Gasteiger partial charge in [-0.2, -0.15) is 0 Å². The fraction of sp³-hybridized carbons (Fsp3) is 0.0556. The van der Waals surface area contributed by atoms with Crippen LogP contribution < -0.4 is 0 Å². The molecule has 0 amide bonds. The van der Waals surface area contributed by atoms with Gasteiger partial charge >= 0.3 is 0 Å². The quantitative estimate of drug-likeness (QED) is 0.170. The molecular weight excluding hydrogens is 707 g/mol. The smallest absolute Gasteiger partial charge is 0.145 e. The summed E-state index contributed by atoms with van der Waals surface area (Å²) in [5.41, 5.74) is 18.6. The maximum absolute atomic E-state index is 6.74. The molecule has 0 unspecified atom stereocenters. The summed E-state index contributed by atoms with van der Waals surface area (Å²) < 4.78 is 11.5. The zero-order valence-corrected chi connectivity index (χ0v) is 31.8. The van der Waals surface area contributed by atoms with E-state index in [0.717, 1.165) is 86.5 Å². The average Bonchev–Trinajstić information content (AvgIpc) is 4.07. The van der Waals surface area contributed by atoms with Crippen molar-refractivity contribution in [3.63, 3.8) is 0 Å². The van der Waals surface area contributed by atoms with E-state index in [4.69, 9.17) is 9.40 Å². The molecule has 0 fully saturated rings. The maximum atomic E-state index is 6.74. The van der Waals surface area contributed by atoms with Gasteiger partial charge in [-0.15, -0.1) is 0 Å². The molecule has 0 spiro atoms. The number of fused-ring (bicyclic) bond motifs is 7. The molecule has 2 aliphatic rings. The summed E-state index contributed by atoms with van der Waals surface area (Å²) >= 11 is 0. The average molecular weight is 744 g/mol. The number of benzene rings is 7. The number of hydrogen-bond acceptors (Lipinski definition) is 2. The van der Waals surface area contributed by atoms with Gasteiger partial charge in [0, 0.05) is 45.6 Å². The molecule has 10 aromatic rings. The number of nitrogens with zero attached hydrogens (tertiary/aromatic N) is 3. The number of hydrogen-bond donors (Lipinski definition) is 0. The van der Waals surface area contributed by atoms with Crippen LogP contribution >= 0.6 is 0 Å². The first-order valence-corrected chi connectivity index (χ1v) is 20.1. The highest BCUT2D eigenvalue weighted by molar-refractivity contribution is 6.13. The Morgan fingerprint density at radius 3 is 2.00 bits per heavy atom. The highest BCUT2D eigenvalue weighted by atomic mass is 16.3. The fourth-order valence-electron chi connectivity index (χ4n) is 9.36. The second-order valence-corrected chi connectivity index (χ2v) is 15.4. The summed E-state index contributed by atoms with van der Waals surface area (Å²) in [5.74, 6) is 0.973. The number of aryl methyl sites for hydroxylation is 1. The Labute approximate surface area is 336 Å². The zero-order chi connectivity index (χ0) is 38.2. The van der Waals surface area contributed by atoms with Crippen LogP contribution in [0.1, 0.15) is 34.6 Å². The fourth-order valence-corrected chi connectivity index (χ4v) is 9.36. The summed E-state index contributed by atoms with van der Waals surface area (Å²) in [4.78, 5) is 5.07. The Bertz CT molecular complexity index is 3270. The third-order valence-electron chi connectivity index (χ3n) is 12.1. The monoisotopic (exact) mass is 743 g/mol. The molecule has 12 rings (SSSR count). The summed E-state index contributed by atoms with van der Waals surface area (Å²) in [6.45, 7) is 0. The van der Waals surface area contributed by atoms with Gasteiger partial charge in [0.15, 0.2) is 0 Å². The highest BCUT2D eigenvalue weighted by Gasteiger charge is 2.24. The van der Waals surface area contributed by atoms with Crippen molar-refractivity contribution >= 4 is 50.6 Å². The van der Waals surface area contributed by atoms with Gasteiger partial charge in [-0.05, 0) is 100 Å². The van der Waals surface area contributed by atoms with Crippen molar-refractivity contribution in [1.29, 1.82) is 0 Å². The summed E-state index contributed by atoms with van der Waals surface area (Å²) in [6.07, 6.45) is 9.67. The molecule has 274 valence electrons. The zero-order valence-electron chi connectivity index (χ0n) is 31.8. The van der Waals surface area contributed by atoms with Crippen LogP contribution in [0.3, 0.4) is 0 Å². The molecule has 0 radical (unpaired) electrons. The SMILES string of the molecule is C1=Cc2c(nc(-c3ccccc3)n2-c2ccc(-c3cccc4oc5cc(-n6c7c(c8ccc(-c9ccccc9)cc86)CCC(c6ccccc6)=C7)ccc5c34)cc2)C1. The Kier molecular flexibility index (Phi) is 7.39. The van der Waals surface area contributed by atoms with E-state index in [9.17, 15) is 0 Å². The second-order valence-electron chi connectivity index (χ2n) is 15.4. The van der Waals surface area contributed by atoms with Gasteiger partial charge in [-0.1, -0.05) is 133 Å². The van der Waals surface area contributed by atoms with Gasteiger partial charge in [0.1, 0.15) is 17.0 Å². The minimum Gasteiger partial charge on any atom is -0.456 e. The van der Waals surface area contributed by atoms with Gasteiger partial charge < -0.3 is 8.98 Å². The van der Waals surface area contributed by atoms with Crippen LogP contribution in [0, 0.1) is 0 Å². The van der Waals surface area contributed by atoms with E-state index >= 15 is 0 Å². The Morgan fingerprint density at radius 2 is 1.21 bits per heavy atom. The van der Waals surface area contributed by atoms with Crippen molar-refractivity contribution in [3.8, 4) is 45.0 Å². The van der Waals surface area contributed by atoms with E-state index < -0.39 is 0 Å². The molecular formula is C54H37N3O. The first kappa shape index (κ1) is 32.8. The number of aromatic nitrogens is 3. The van der Waals surface area contributed by atoms with Crippen LogP contribution in [0.2, 0.25) is 0 Å². The van der Waals surface area contributed by atoms with Crippen LogP contribution in [0.15, 0.2) is 180 Å². The molecule has 3 heterocycles. The lowest BCUT2D eigenvalue weighted by atomic mass is 9.91. The third-order valence-corrected chi connectivity index (χ3v) is 12.1. The van der Waals surface area contributed by atoms with Crippen LogP contribution in [-0.2, 0) is 12.8 Å². The van der Waals surface area contributed by atoms with Crippen LogP contribution in [0.5, 0.6) is 0 Å². The molecule has 3 aromatic heterocycles. The standard InChI is InChI=1S/C54H37N3O/c1-4-12-35(13-5-1)39-24-29-44-45-30-25-40(36-14-6-2-7-15-36)33-50(45)56(49(44)32-39)42-28-31-46-52(34-42)58-51-21-10-18-43(53(46)51)37-22-26-41(27-23-37)57-48-20-11-19-47(48)55-54(57)38-16-8-3-9-17-38/h1-18,20-24,26-29,31-34H,19,25,30H2. The van der Waals surface area contributed by atoms with Crippen LogP contribution in [0.25, 0.3) is 95.6 Å². The molecule has 2 aliphatic carbocycles. The largest absolute Gasteiger partial charge is 0.456 e. The molecule has 0 N–H and O–H groups in total. The van der Waals surface area contributed by atoms with Gasteiger partial charge in [-0.25, -0.2) is 4.98 Å². The predicted molar refractivity (Wildman–Crippen MR) is 239 cm³/mol. The molecule has 58 heavy (non-hydrogen) atoms. The minimum atomic E-state index is 0.862. The van der Waals surface area contributed by atoms with Crippen LogP contribution in [-0.4, -0.2) is 14.1 Å². The van der Waals surface area contributed by atoms with E-state index in [1.54, 1.807) is 0 Å². The predicted octanol–water partition coefficient (Wildman–Crippen LogP) is 13.8. The molecule has 0 saturated carbocycles. The number of furan rings is 1. The van der Waals surface area contributed by atoms with E-state index in [1.165, 1.54) is 44.4 Å². The van der Waals surface area contributed by atoms with Gasteiger partial charge in [0.05, 0.1) is 22.6 Å². The number of allylic oxidation sites excluding steroid dienone is 2. The summed E-state index contributed by atoms with van der Waals surface area (Å²) in [7, 11) is 0. The Balaban J connectivity index is 0.988. The van der Waals surface area contributed by atoms with Crippen molar-refractivity contribution < 1.29 is 4.42 Å². The van der Waals surface area contributed by atoms with Crippen molar-refractivity contribution in [2.45, 2.75) is 19.3 Å². The van der Waals surface area contributed by atoms with Gasteiger partial charge in [0.2, 0.25) is 0 Å². The topological polar surface area (TPSA) is 35.9 Å². The first-order chi connectivity index (χ1) is 28.7. The lowest BCUT2D eigenvalue weighted by molar-refractivity contribution is 0.668. The summed E-state index contributed by atoms with van der Waals surface area (Å²) in [5, 5.41) is 3.55. The molecule has 4 heteroatoms. The van der Waals surface area contributed by atoms with Gasteiger partial charge in [0.25, 0.3) is 0 Å². The molecule has 0 bridgehead atoms. The van der Waals surface area contributed by atoms with E-state index in [0.29, 0.717) is 0 Å². The maximum Gasteiger partial charge on any atom is 0.145 e. The van der Waals surface area contributed by atoms with Gasteiger partial charge in [-0.3, -0.25) is 4.57 Å². The minimum absolute atomic E-state index is 0.862. The number of imidazole rings is 1. The summed E-state index contributed by atoms with van der Waals surface area (Å²) in [6, 6.07) is 61.0. The van der Waals surface area contributed by atoms with E-state index in [-0.39, 0.29) is 0 Å². The Morgan fingerprint density at radius 1 is 0.500 bits per heavy atom.